The van der Waals surface area contributed by atoms with Gasteiger partial charge in [0.1, 0.15) is 5.75 Å². The number of nitrogens with one attached hydrogen (secondary N) is 1. The zero-order valence-electron chi connectivity index (χ0n) is 15.2. The molecule has 0 fully saturated rings. The molecule has 1 aliphatic rings. The van der Waals surface area contributed by atoms with Crippen molar-refractivity contribution in [2.24, 2.45) is 0 Å². The fourth-order valence-electron chi connectivity index (χ4n) is 3.32. The summed E-state index contributed by atoms with van der Waals surface area (Å²) in [5.74, 6) is 0.832. The molecule has 3 rings (SSSR count). The third-order valence-electron chi connectivity index (χ3n) is 4.87. The van der Waals surface area contributed by atoms with Crippen molar-refractivity contribution in [2.45, 2.75) is 52.0 Å². The van der Waals surface area contributed by atoms with Crippen LogP contribution < -0.4 is 10.1 Å². The van der Waals surface area contributed by atoms with Gasteiger partial charge in [0.15, 0.2) is 0 Å². The van der Waals surface area contributed by atoms with Crippen LogP contribution in [0.2, 0.25) is 0 Å². The Morgan fingerprint density at radius 1 is 1.08 bits per heavy atom. The summed E-state index contributed by atoms with van der Waals surface area (Å²) in [6.07, 6.45) is 5.28. The molecule has 3 nitrogen and oxygen atoms in total. The number of hydrogen-bond donors (Lipinski definition) is 1. The van der Waals surface area contributed by atoms with Crippen LogP contribution in [-0.4, -0.2) is 12.5 Å². The van der Waals surface area contributed by atoms with Crippen molar-refractivity contribution in [2.75, 3.05) is 6.61 Å². The lowest BCUT2D eigenvalue weighted by Gasteiger charge is -2.20. The minimum absolute atomic E-state index is 0.0253. The third kappa shape index (κ3) is 4.85. The van der Waals surface area contributed by atoms with Gasteiger partial charge in [-0.3, -0.25) is 4.79 Å². The molecule has 1 aliphatic carbocycles. The number of carbonyl (C=O) groups is 1. The number of rotatable bonds is 6. The number of hydrogen-bond acceptors (Lipinski definition) is 2. The Morgan fingerprint density at radius 2 is 1.80 bits per heavy atom. The smallest absolute Gasteiger partial charge is 0.223 e. The number of aryl methyl sites for hydroxylation is 3. The van der Waals surface area contributed by atoms with Crippen LogP contribution in [0.3, 0.4) is 0 Å². The minimum Gasteiger partial charge on any atom is -0.493 e. The fraction of sp³-hybridized carbons (Fsp3) is 0.409. The summed E-state index contributed by atoms with van der Waals surface area (Å²) in [6.45, 7) is 4.48. The summed E-state index contributed by atoms with van der Waals surface area (Å²) in [5.41, 5.74) is 5.31. The van der Waals surface area contributed by atoms with E-state index in [1.165, 1.54) is 41.5 Å². The molecule has 0 bridgehead atoms. The summed E-state index contributed by atoms with van der Waals surface area (Å²) in [7, 11) is 0. The van der Waals surface area contributed by atoms with Crippen LogP contribution in [0.1, 0.15) is 54.5 Å². The average molecular weight is 337 g/mol. The first-order valence-corrected chi connectivity index (χ1v) is 9.22. The van der Waals surface area contributed by atoms with Crippen molar-refractivity contribution >= 4 is 5.91 Å². The van der Waals surface area contributed by atoms with Crippen LogP contribution in [0.25, 0.3) is 0 Å². The minimum atomic E-state index is 0.0253. The van der Waals surface area contributed by atoms with E-state index in [4.69, 9.17) is 4.74 Å². The number of ether oxygens (including phenoxy) is 1. The Bertz CT molecular complexity index is 721. The second-order valence-corrected chi connectivity index (χ2v) is 6.94. The molecule has 1 atom stereocenters. The Kier molecular flexibility index (Phi) is 5.75. The van der Waals surface area contributed by atoms with Gasteiger partial charge >= 0.3 is 0 Å². The predicted octanol–water partition coefficient (Wildman–Crippen LogP) is 4.52. The maximum absolute atomic E-state index is 12.2. The molecule has 0 saturated heterocycles. The summed E-state index contributed by atoms with van der Waals surface area (Å²) in [5, 5.41) is 3.08. The van der Waals surface area contributed by atoms with Crippen LogP contribution in [0.15, 0.2) is 42.5 Å². The highest BCUT2D eigenvalue weighted by Gasteiger charge is 2.14. The molecule has 0 heterocycles. The standard InChI is InChI=1S/C22H27NO2/c1-16-7-11-21(12-8-16)25-14-13-22(24)23-17(2)19-10-9-18-5-3-4-6-20(18)15-19/h7-12,15,17H,3-6,13-14H2,1-2H3,(H,23,24). The summed E-state index contributed by atoms with van der Waals surface area (Å²) >= 11 is 0. The molecule has 2 aromatic carbocycles. The Labute approximate surface area is 150 Å². The van der Waals surface area contributed by atoms with E-state index in [2.05, 4.69) is 23.5 Å². The van der Waals surface area contributed by atoms with E-state index in [9.17, 15) is 4.79 Å². The third-order valence-corrected chi connectivity index (χ3v) is 4.87. The topological polar surface area (TPSA) is 38.3 Å². The van der Waals surface area contributed by atoms with E-state index in [0.29, 0.717) is 13.0 Å². The molecule has 2 aromatic rings. The van der Waals surface area contributed by atoms with Crippen molar-refractivity contribution in [3.8, 4) is 5.75 Å². The molecule has 0 aromatic heterocycles. The molecule has 0 saturated carbocycles. The van der Waals surface area contributed by atoms with Gasteiger partial charge in [0.05, 0.1) is 19.1 Å². The zero-order valence-corrected chi connectivity index (χ0v) is 15.2. The highest BCUT2D eigenvalue weighted by atomic mass is 16.5. The van der Waals surface area contributed by atoms with Crippen molar-refractivity contribution < 1.29 is 9.53 Å². The van der Waals surface area contributed by atoms with Crippen LogP contribution in [0.5, 0.6) is 5.75 Å². The van der Waals surface area contributed by atoms with E-state index in [-0.39, 0.29) is 11.9 Å². The van der Waals surface area contributed by atoms with E-state index < -0.39 is 0 Å². The normalized spacial score (nSPS) is 14.5. The van der Waals surface area contributed by atoms with Crippen LogP contribution in [0, 0.1) is 6.92 Å². The molecule has 0 aliphatic heterocycles. The molecule has 25 heavy (non-hydrogen) atoms. The highest BCUT2D eigenvalue weighted by Crippen LogP contribution is 2.24. The summed E-state index contributed by atoms with van der Waals surface area (Å²) < 4.78 is 5.63. The van der Waals surface area contributed by atoms with Crippen molar-refractivity contribution in [3.05, 3.63) is 64.7 Å². The molecule has 132 valence electrons. The Hall–Kier alpha value is -2.29. The quantitative estimate of drug-likeness (QED) is 0.841. The van der Waals surface area contributed by atoms with Crippen LogP contribution in [0.4, 0.5) is 0 Å². The first kappa shape index (κ1) is 17.5. The number of carbonyl (C=O) groups excluding carboxylic acids is 1. The first-order valence-electron chi connectivity index (χ1n) is 9.22. The van der Waals surface area contributed by atoms with Gasteiger partial charge in [-0.1, -0.05) is 35.9 Å². The lowest BCUT2D eigenvalue weighted by molar-refractivity contribution is -0.122. The van der Waals surface area contributed by atoms with Crippen molar-refractivity contribution in [1.29, 1.82) is 0 Å². The highest BCUT2D eigenvalue weighted by molar-refractivity contribution is 5.76. The fourth-order valence-corrected chi connectivity index (χ4v) is 3.32. The predicted molar refractivity (Wildman–Crippen MR) is 101 cm³/mol. The molecule has 3 heteroatoms. The molecule has 0 radical (unpaired) electrons. The second kappa shape index (κ2) is 8.19. The molecule has 0 spiro atoms. The van der Waals surface area contributed by atoms with Crippen molar-refractivity contribution in [3.63, 3.8) is 0 Å². The van der Waals surface area contributed by atoms with E-state index in [0.717, 1.165) is 12.2 Å². The van der Waals surface area contributed by atoms with Gasteiger partial charge in [0, 0.05) is 0 Å². The van der Waals surface area contributed by atoms with Gasteiger partial charge in [-0.05, 0) is 68.4 Å². The largest absolute Gasteiger partial charge is 0.493 e. The van der Waals surface area contributed by atoms with E-state index in [1.54, 1.807) is 0 Å². The monoisotopic (exact) mass is 337 g/mol. The van der Waals surface area contributed by atoms with Crippen molar-refractivity contribution in [1.82, 2.24) is 5.32 Å². The first-order chi connectivity index (χ1) is 12.1. The average Bonchev–Trinajstić information content (AvgIpc) is 2.63. The number of amides is 1. The number of fused-ring (bicyclic) bond motifs is 1. The number of benzene rings is 2. The molecular weight excluding hydrogens is 310 g/mol. The van der Waals surface area contributed by atoms with Gasteiger partial charge in [-0.2, -0.15) is 0 Å². The van der Waals surface area contributed by atoms with E-state index in [1.807, 2.05) is 38.1 Å². The molecule has 1 amide bonds. The van der Waals surface area contributed by atoms with Gasteiger partial charge in [-0.15, -0.1) is 0 Å². The van der Waals surface area contributed by atoms with Gasteiger partial charge in [0.2, 0.25) is 5.91 Å². The molecule has 1 N–H and O–H groups in total. The van der Waals surface area contributed by atoms with Gasteiger partial charge in [0.25, 0.3) is 0 Å². The molecule has 1 unspecified atom stereocenters. The van der Waals surface area contributed by atoms with E-state index >= 15 is 0 Å². The van der Waals surface area contributed by atoms with Gasteiger partial charge < -0.3 is 10.1 Å². The lowest BCUT2D eigenvalue weighted by Crippen LogP contribution is -2.28. The van der Waals surface area contributed by atoms with Crippen LogP contribution in [-0.2, 0) is 17.6 Å². The zero-order chi connectivity index (χ0) is 17.6. The van der Waals surface area contributed by atoms with Crippen LogP contribution >= 0.6 is 0 Å². The Balaban J connectivity index is 1.48. The summed E-state index contributed by atoms with van der Waals surface area (Å²) in [4.78, 5) is 12.2. The Morgan fingerprint density at radius 3 is 2.56 bits per heavy atom. The summed E-state index contributed by atoms with van der Waals surface area (Å²) in [6, 6.07) is 14.6. The maximum atomic E-state index is 12.2. The molecular formula is C22H27NO2. The second-order valence-electron chi connectivity index (χ2n) is 6.94. The van der Waals surface area contributed by atoms with Gasteiger partial charge in [-0.25, -0.2) is 0 Å². The maximum Gasteiger partial charge on any atom is 0.223 e. The lowest BCUT2D eigenvalue weighted by atomic mass is 9.89. The SMILES string of the molecule is Cc1ccc(OCCC(=O)NC(C)c2ccc3c(c2)CCCC3)cc1.